The first-order valence-corrected chi connectivity index (χ1v) is 5.36. The fourth-order valence-electron chi connectivity index (χ4n) is 1.26. The summed E-state index contributed by atoms with van der Waals surface area (Å²) in [5, 5.41) is 3.56. The largest absolute Gasteiger partial charge is 0.350 e. The summed E-state index contributed by atoms with van der Waals surface area (Å²) in [5.41, 5.74) is 0.938. The number of nitrogens with one attached hydrogen (secondary N) is 1. The molecular weight excluding hydrogens is 210 g/mol. The van der Waals surface area contributed by atoms with Crippen LogP contribution in [0.15, 0.2) is 30.3 Å². The molecule has 1 aromatic rings. The van der Waals surface area contributed by atoms with Crippen molar-refractivity contribution in [1.29, 1.82) is 0 Å². The van der Waals surface area contributed by atoms with Crippen LogP contribution in [0.4, 0.5) is 0 Å². The van der Waals surface area contributed by atoms with Crippen LogP contribution in [0.3, 0.4) is 0 Å². The van der Waals surface area contributed by atoms with Gasteiger partial charge in [-0.1, -0.05) is 23.7 Å². The Balaban J connectivity index is 1.94. The number of rotatable bonds is 3. The molecule has 0 aromatic heterocycles. The molecule has 1 N–H and O–H groups in total. The predicted octanol–water partition coefficient (Wildman–Crippen LogP) is 2.63. The summed E-state index contributed by atoms with van der Waals surface area (Å²) in [4.78, 5) is 11.3. The van der Waals surface area contributed by atoms with E-state index in [1.165, 1.54) is 0 Å². The van der Waals surface area contributed by atoms with Gasteiger partial charge in [0.05, 0.1) is 0 Å². The summed E-state index contributed by atoms with van der Waals surface area (Å²) in [7, 11) is 0. The summed E-state index contributed by atoms with van der Waals surface area (Å²) < 4.78 is 0. The van der Waals surface area contributed by atoms with E-state index in [0.29, 0.717) is 11.1 Å². The zero-order valence-corrected chi connectivity index (χ0v) is 9.00. The van der Waals surface area contributed by atoms with Gasteiger partial charge in [-0.25, -0.2) is 0 Å². The molecule has 2 rings (SSSR count). The van der Waals surface area contributed by atoms with Crippen molar-refractivity contribution in [2.75, 3.05) is 0 Å². The minimum Gasteiger partial charge on any atom is -0.350 e. The Bertz CT molecular complexity index is 396. The Hall–Kier alpha value is -1.28. The van der Waals surface area contributed by atoms with E-state index in [2.05, 4.69) is 5.32 Å². The molecule has 1 aromatic carbocycles. The lowest BCUT2D eigenvalue weighted by Crippen LogP contribution is -2.22. The number of halogens is 1. The molecule has 1 fully saturated rings. The second kappa shape index (κ2) is 4.49. The first-order valence-electron chi connectivity index (χ1n) is 4.98. The van der Waals surface area contributed by atoms with E-state index in [1.54, 1.807) is 12.2 Å². The van der Waals surface area contributed by atoms with E-state index >= 15 is 0 Å². The molecule has 2 nitrogen and oxygen atoms in total. The van der Waals surface area contributed by atoms with Crippen molar-refractivity contribution in [3.63, 3.8) is 0 Å². The quantitative estimate of drug-likeness (QED) is 0.782. The Labute approximate surface area is 93.9 Å². The molecule has 1 saturated carbocycles. The van der Waals surface area contributed by atoms with E-state index in [4.69, 9.17) is 11.6 Å². The maximum atomic E-state index is 11.3. The van der Waals surface area contributed by atoms with Gasteiger partial charge in [-0.05, 0) is 36.6 Å². The highest BCUT2D eigenvalue weighted by atomic mass is 35.5. The van der Waals surface area contributed by atoms with E-state index < -0.39 is 0 Å². The van der Waals surface area contributed by atoms with Crippen LogP contribution in [0.2, 0.25) is 5.02 Å². The lowest BCUT2D eigenvalue weighted by Gasteiger charge is -1.97. The molecule has 0 saturated heterocycles. The molecule has 0 unspecified atom stereocenters. The Morgan fingerprint density at radius 1 is 1.47 bits per heavy atom. The van der Waals surface area contributed by atoms with Crippen LogP contribution in [0, 0.1) is 0 Å². The summed E-state index contributed by atoms with van der Waals surface area (Å²) in [6, 6.07) is 7.81. The molecule has 0 heterocycles. The minimum atomic E-state index is -0.0301. The predicted molar refractivity (Wildman–Crippen MR) is 61.7 cm³/mol. The van der Waals surface area contributed by atoms with E-state index in [0.717, 1.165) is 18.4 Å². The number of carbonyl (C=O) groups excluding carboxylic acids is 1. The number of carbonyl (C=O) groups is 1. The van der Waals surface area contributed by atoms with Crippen molar-refractivity contribution in [2.24, 2.45) is 0 Å². The van der Waals surface area contributed by atoms with Crippen molar-refractivity contribution in [1.82, 2.24) is 5.32 Å². The zero-order valence-electron chi connectivity index (χ0n) is 8.24. The third-order valence-corrected chi connectivity index (χ3v) is 2.43. The van der Waals surface area contributed by atoms with Gasteiger partial charge in [0.25, 0.3) is 0 Å². The van der Waals surface area contributed by atoms with Gasteiger partial charge in [0.2, 0.25) is 5.91 Å². The van der Waals surface area contributed by atoms with Crippen molar-refractivity contribution >= 4 is 23.6 Å². The first-order chi connectivity index (χ1) is 7.24. The summed E-state index contributed by atoms with van der Waals surface area (Å²) in [6.07, 6.45) is 5.53. The Kier molecular flexibility index (Phi) is 3.07. The number of hydrogen-bond acceptors (Lipinski definition) is 1. The van der Waals surface area contributed by atoms with Crippen LogP contribution >= 0.6 is 11.6 Å². The smallest absolute Gasteiger partial charge is 0.244 e. The van der Waals surface area contributed by atoms with E-state index in [9.17, 15) is 4.79 Å². The van der Waals surface area contributed by atoms with Gasteiger partial charge in [-0.2, -0.15) is 0 Å². The fraction of sp³-hybridized carbons (Fsp3) is 0.250. The standard InChI is InChI=1S/C12H12ClNO/c13-10-3-1-2-9(8-10)4-7-12(15)14-11-5-6-11/h1-4,7-8,11H,5-6H2,(H,14,15)/b7-4+. The van der Waals surface area contributed by atoms with Crippen LogP contribution in [0.1, 0.15) is 18.4 Å². The molecule has 1 aliphatic carbocycles. The Morgan fingerprint density at radius 2 is 2.27 bits per heavy atom. The molecule has 1 aliphatic rings. The molecular formula is C12H12ClNO. The lowest BCUT2D eigenvalue weighted by molar-refractivity contribution is -0.116. The average molecular weight is 222 g/mol. The molecule has 15 heavy (non-hydrogen) atoms. The highest BCUT2D eigenvalue weighted by Crippen LogP contribution is 2.18. The van der Waals surface area contributed by atoms with Crippen molar-refractivity contribution < 1.29 is 4.79 Å². The molecule has 78 valence electrons. The number of hydrogen-bond donors (Lipinski definition) is 1. The molecule has 0 spiro atoms. The van der Waals surface area contributed by atoms with Gasteiger partial charge >= 0.3 is 0 Å². The van der Waals surface area contributed by atoms with Gasteiger partial charge in [-0.15, -0.1) is 0 Å². The maximum absolute atomic E-state index is 11.3. The molecule has 0 atom stereocenters. The van der Waals surface area contributed by atoms with Gasteiger partial charge in [0.1, 0.15) is 0 Å². The molecule has 3 heteroatoms. The second-order valence-electron chi connectivity index (χ2n) is 3.67. The molecule has 1 amide bonds. The van der Waals surface area contributed by atoms with Crippen molar-refractivity contribution in [2.45, 2.75) is 18.9 Å². The highest BCUT2D eigenvalue weighted by molar-refractivity contribution is 6.30. The summed E-state index contributed by atoms with van der Waals surface area (Å²) in [5.74, 6) is -0.0301. The number of amides is 1. The van der Waals surface area contributed by atoms with E-state index in [-0.39, 0.29) is 5.91 Å². The summed E-state index contributed by atoms with van der Waals surface area (Å²) in [6.45, 7) is 0. The fourth-order valence-corrected chi connectivity index (χ4v) is 1.46. The van der Waals surface area contributed by atoms with Gasteiger partial charge in [0, 0.05) is 17.1 Å². The first kappa shape index (κ1) is 10.2. The van der Waals surface area contributed by atoms with Crippen LogP contribution in [-0.2, 0) is 4.79 Å². The van der Waals surface area contributed by atoms with Crippen LogP contribution in [0.5, 0.6) is 0 Å². The van der Waals surface area contributed by atoms with Crippen LogP contribution < -0.4 is 5.32 Å². The zero-order chi connectivity index (χ0) is 10.7. The monoisotopic (exact) mass is 221 g/mol. The maximum Gasteiger partial charge on any atom is 0.244 e. The summed E-state index contributed by atoms with van der Waals surface area (Å²) >= 11 is 5.82. The Morgan fingerprint density at radius 3 is 2.93 bits per heavy atom. The van der Waals surface area contributed by atoms with E-state index in [1.807, 2.05) is 24.3 Å². The molecule has 0 radical (unpaired) electrons. The van der Waals surface area contributed by atoms with Gasteiger partial charge in [0.15, 0.2) is 0 Å². The normalized spacial score (nSPS) is 15.5. The third kappa shape index (κ3) is 3.40. The molecule has 0 aliphatic heterocycles. The van der Waals surface area contributed by atoms with Crippen molar-refractivity contribution in [3.8, 4) is 0 Å². The highest BCUT2D eigenvalue weighted by Gasteiger charge is 2.21. The lowest BCUT2D eigenvalue weighted by atomic mass is 10.2. The second-order valence-corrected chi connectivity index (χ2v) is 4.11. The molecule has 0 bridgehead atoms. The van der Waals surface area contributed by atoms with Gasteiger partial charge < -0.3 is 5.32 Å². The minimum absolute atomic E-state index is 0.0301. The van der Waals surface area contributed by atoms with Gasteiger partial charge in [-0.3, -0.25) is 4.79 Å². The SMILES string of the molecule is O=C(/C=C/c1cccc(Cl)c1)NC1CC1. The van der Waals surface area contributed by atoms with Crippen LogP contribution in [-0.4, -0.2) is 11.9 Å². The average Bonchev–Trinajstić information content (AvgIpc) is 2.99. The third-order valence-electron chi connectivity index (χ3n) is 2.20. The topological polar surface area (TPSA) is 29.1 Å². The number of benzene rings is 1. The van der Waals surface area contributed by atoms with Crippen LogP contribution in [0.25, 0.3) is 6.08 Å². The van der Waals surface area contributed by atoms with Crippen molar-refractivity contribution in [3.05, 3.63) is 40.9 Å².